The molecule has 0 aromatic carbocycles. The van der Waals surface area contributed by atoms with Gasteiger partial charge in [-0.25, -0.2) is 4.98 Å². The SMILES string of the molecule is CC(N)C1CCCN(Cc2ncnn2C)C1.Cl.Cl. The maximum Gasteiger partial charge on any atom is 0.140 e. The molecule has 5 nitrogen and oxygen atoms in total. The van der Waals surface area contributed by atoms with Crippen molar-refractivity contribution in [1.29, 1.82) is 0 Å². The average Bonchev–Trinajstić information content (AvgIpc) is 2.65. The number of hydrogen-bond acceptors (Lipinski definition) is 4. The largest absolute Gasteiger partial charge is 0.328 e. The van der Waals surface area contributed by atoms with Crippen LogP contribution >= 0.6 is 24.8 Å². The lowest BCUT2D eigenvalue weighted by molar-refractivity contribution is 0.149. The van der Waals surface area contributed by atoms with Gasteiger partial charge >= 0.3 is 0 Å². The predicted octanol–water partition coefficient (Wildman–Crippen LogP) is 1.22. The van der Waals surface area contributed by atoms with Crippen molar-refractivity contribution in [3.63, 3.8) is 0 Å². The Morgan fingerprint density at radius 1 is 1.50 bits per heavy atom. The van der Waals surface area contributed by atoms with Crippen LogP contribution in [0.25, 0.3) is 0 Å². The molecule has 2 atom stereocenters. The van der Waals surface area contributed by atoms with E-state index in [1.165, 1.54) is 12.8 Å². The summed E-state index contributed by atoms with van der Waals surface area (Å²) in [4.78, 5) is 6.69. The van der Waals surface area contributed by atoms with Gasteiger partial charge in [-0.3, -0.25) is 9.58 Å². The molecule has 7 heteroatoms. The van der Waals surface area contributed by atoms with Crippen molar-refractivity contribution < 1.29 is 0 Å². The summed E-state index contributed by atoms with van der Waals surface area (Å²) in [6.45, 7) is 5.23. The number of hydrogen-bond donors (Lipinski definition) is 1. The summed E-state index contributed by atoms with van der Waals surface area (Å²) in [6, 6.07) is 0.294. The van der Waals surface area contributed by atoms with Gasteiger partial charge in [-0.05, 0) is 32.2 Å². The second-order valence-electron chi connectivity index (χ2n) is 4.80. The van der Waals surface area contributed by atoms with Gasteiger partial charge in [0.25, 0.3) is 0 Å². The molecule has 1 aliphatic rings. The molecular formula is C11H23Cl2N5. The minimum atomic E-state index is 0. The fraction of sp³-hybridized carbons (Fsp3) is 0.818. The minimum Gasteiger partial charge on any atom is -0.328 e. The number of likely N-dealkylation sites (tertiary alicyclic amines) is 1. The maximum absolute atomic E-state index is 5.97. The molecule has 1 aromatic heterocycles. The number of piperidine rings is 1. The highest BCUT2D eigenvalue weighted by Crippen LogP contribution is 2.19. The van der Waals surface area contributed by atoms with Crippen LogP contribution in [0.4, 0.5) is 0 Å². The molecule has 2 rings (SSSR count). The molecule has 0 spiro atoms. The quantitative estimate of drug-likeness (QED) is 0.911. The summed E-state index contributed by atoms with van der Waals surface area (Å²) in [5.41, 5.74) is 5.97. The molecule has 18 heavy (non-hydrogen) atoms. The lowest BCUT2D eigenvalue weighted by atomic mass is 9.92. The third-order valence-corrected chi connectivity index (χ3v) is 3.46. The first-order chi connectivity index (χ1) is 7.66. The monoisotopic (exact) mass is 295 g/mol. The lowest BCUT2D eigenvalue weighted by Gasteiger charge is -2.34. The Morgan fingerprint density at radius 2 is 2.22 bits per heavy atom. The van der Waals surface area contributed by atoms with Gasteiger partial charge in [0.05, 0.1) is 6.54 Å². The second-order valence-corrected chi connectivity index (χ2v) is 4.80. The van der Waals surface area contributed by atoms with E-state index >= 15 is 0 Å². The van der Waals surface area contributed by atoms with E-state index in [9.17, 15) is 0 Å². The van der Waals surface area contributed by atoms with Gasteiger partial charge in [-0.15, -0.1) is 24.8 Å². The van der Waals surface area contributed by atoms with E-state index in [0.29, 0.717) is 12.0 Å². The Hall–Kier alpha value is -0.360. The lowest BCUT2D eigenvalue weighted by Crippen LogP contribution is -2.42. The molecule has 2 unspecified atom stereocenters. The summed E-state index contributed by atoms with van der Waals surface area (Å²) >= 11 is 0. The summed E-state index contributed by atoms with van der Waals surface area (Å²) in [5.74, 6) is 1.66. The molecule has 0 bridgehead atoms. The molecule has 1 aromatic rings. The molecule has 0 amide bonds. The van der Waals surface area contributed by atoms with E-state index < -0.39 is 0 Å². The molecule has 1 fully saturated rings. The average molecular weight is 296 g/mol. The van der Waals surface area contributed by atoms with Crippen LogP contribution in [0.1, 0.15) is 25.6 Å². The summed E-state index contributed by atoms with van der Waals surface area (Å²) in [7, 11) is 1.94. The first kappa shape index (κ1) is 17.6. The third-order valence-electron chi connectivity index (χ3n) is 3.46. The van der Waals surface area contributed by atoms with E-state index in [-0.39, 0.29) is 24.8 Å². The Bertz CT molecular complexity index is 342. The van der Waals surface area contributed by atoms with E-state index in [1.807, 2.05) is 11.7 Å². The van der Waals surface area contributed by atoms with E-state index in [0.717, 1.165) is 25.5 Å². The summed E-state index contributed by atoms with van der Waals surface area (Å²) in [6.07, 6.45) is 4.11. The van der Waals surface area contributed by atoms with Crippen molar-refractivity contribution in [3.05, 3.63) is 12.2 Å². The third kappa shape index (κ3) is 4.39. The fourth-order valence-electron chi connectivity index (χ4n) is 2.33. The number of nitrogens with zero attached hydrogens (tertiary/aromatic N) is 4. The summed E-state index contributed by atoms with van der Waals surface area (Å²) < 4.78 is 1.84. The van der Waals surface area contributed by atoms with Crippen LogP contribution in [0.15, 0.2) is 6.33 Å². The second kappa shape index (κ2) is 7.94. The molecule has 1 aliphatic heterocycles. The molecule has 2 heterocycles. The minimum absolute atomic E-state index is 0. The van der Waals surface area contributed by atoms with Crippen LogP contribution in [-0.2, 0) is 13.6 Å². The smallest absolute Gasteiger partial charge is 0.140 e. The zero-order valence-electron chi connectivity index (χ0n) is 11.0. The first-order valence-electron chi connectivity index (χ1n) is 5.97. The maximum atomic E-state index is 5.97. The summed E-state index contributed by atoms with van der Waals surface area (Å²) in [5, 5.41) is 4.09. The van der Waals surface area contributed by atoms with Gasteiger partial charge in [0.1, 0.15) is 12.2 Å². The Balaban J connectivity index is 0.00000144. The van der Waals surface area contributed by atoms with Crippen molar-refractivity contribution in [3.8, 4) is 0 Å². The number of halogens is 2. The molecule has 106 valence electrons. The van der Waals surface area contributed by atoms with Crippen molar-refractivity contribution in [2.75, 3.05) is 13.1 Å². The van der Waals surface area contributed by atoms with Crippen LogP contribution in [0.2, 0.25) is 0 Å². The Kier molecular flexibility index (Phi) is 7.78. The normalized spacial score (nSPS) is 21.8. The Labute approximate surface area is 121 Å². The van der Waals surface area contributed by atoms with Crippen LogP contribution in [0.3, 0.4) is 0 Å². The van der Waals surface area contributed by atoms with E-state index in [2.05, 4.69) is 21.9 Å². The van der Waals surface area contributed by atoms with Crippen molar-refractivity contribution in [1.82, 2.24) is 19.7 Å². The highest BCUT2D eigenvalue weighted by atomic mass is 35.5. The number of aryl methyl sites for hydroxylation is 1. The van der Waals surface area contributed by atoms with Gasteiger partial charge < -0.3 is 5.73 Å². The van der Waals surface area contributed by atoms with Crippen LogP contribution in [0, 0.1) is 5.92 Å². The van der Waals surface area contributed by atoms with Gasteiger partial charge in [0.15, 0.2) is 0 Å². The van der Waals surface area contributed by atoms with Gasteiger partial charge in [0, 0.05) is 19.6 Å². The number of rotatable bonds is 3. The van der Waals surface area contributed by atoms with Gasteiger partial charge in [-0.2, -0.15) is 5.10 Å². The zero-order chi connectivity index (χ0) is 11.5. The molecular weight excluding hydrogens is 273 g/mol. The molecule has 0 aliphatic carbocycles. The standard InChI is InChI=1S/C11H21N5.2ClH/c1-9(12)10-4-3-5-16(6-10)7-11-13-8-14-15(11)2;;/h8-10H,3-7,12H2,1-2H3;2*1H. The highest BCUT2D eigenvalue weighted by Gasteiger charge is 2.23. The van der Waals surface area contributed by atoms with Crippen LogP contribution in [-0.4, -0.2) is 38.8 Å². The van der Waals surface area contributed by atoms with Crippen LogP contribution < -0.4 is 5.73 Å². The van der Waals surface area contributed by atoms with Gasteiger partial charge in [-0.1, -0.05) is 0 Å². The predicted molar refractivity (Wildman–Crippen MR) is 77.1 cm³/mol. The molecule has 0 radical (unpaired) electrons. The fourth-order valence-corrected chi connectivity index (χ4v) is 2.33. The topological polar surface area (TPSA) is 60.0 Å². The molecule has 0 saturated carbocycles. The van der Waals surface area contributed by atoms with Crippen molar-refractivity contribution >= 4 is 24.8 Å². The molecule has 2 N–H and O–H groups in total. The number of aromatic nitrogens is 3. The van der Waals surface area contributed by atoms with Crippen molar-refractivity contribution in [2.45, 2.75) is 32.4 Å². The number of nitrogens with two attached hydrogens (primary N) is 1. The van der Waals surface area contributed by atoms with Crippen molar-refractivity contribution in [2.24, 2.45) is 18.7 Å². The van der Waals surface area contributed by atoms with E-state index in [1.54, 1.807) is 6.33 Å². The van der Waals surface area contributed by atoms with Crippen LogP contribution in [0.5, 0.6) is 0 Å². The van der Waals surface area contributed by atoms with Gasteiger partial charge in [0.2, 0.25) is 0 Å². The zero-order valence-corrected chi connectivity index (χ0v) is 12.6. The molecule has 1 saturated heterocycles. The Morgan fingerprint density at radius 3 is 2.78 bits per heavy atom. The first-order valence-corrected chi connectivity index (χ1v) is 5.97. The van der Waals surface area contributed by atoms with E-state index in [4.69, 9.17) is 5.73 Å². The highest BCUT2D eigenvalue weighted by molar-refractivity contribution is 5.85.